The van der Waals surface area contributed by atoms with Gasteiger partial charge in [0.25, 0.3) is 5.56 Å². The molecule has 0 atom stereocenters. The number of nitrogens with zero attached hydrogens (tertiary/aromatic N) is 2. The van der Waals surface area contributed by atoms with Crippen LogP contribution in [0.1, 0.15) is 20.8 Å². The van der Waals surface area contributed by atoms with Crippen molar-refractivity contribution in [2.75, 3.05) is 25.1 Å². The summed E-state index contributed by atoms with van der Waals surface area (Å²) in [6.07, 6.45) is 1.65. The predicted octanol–water partition coefficient (Wildman–Crippen LogP) is 2.11. The molecule has 0 spiro atoms. The zero-order valence-corrected chi connectivity index (χ0v) is 12.7. The van der Waals surface area contributed by atoms with E-state index in [4.69, 9.17) is 4.74 Å². The summed E-state index contributed by atoms with van der Waals surface area (Å²) in [4.78, 5) is 11.8. The summed E-state index contributed by atoms with van der Waals surface area (Å²) < 4.78 is 7.37. The van der Waals surface area contributed by atoms with Gasteiger partial charge >= 0.3 is 0 Å². The molecule has 102 valence electrons. The van der Waals surface area contributed by atoms with Crippen molar-refractivity contribution in [1.82, 2.24) is 9.78 Å². The van der Waals surface area contributed by atoms with Gasteiger partial charge < -0.3 is 10.1 Å². The molecule has 6 heteroatoms. The summed E-state index contributed by atoms with van der Waals surface area (Å²) >= 11 is 3.29. The Labute approximate surface area is 116 Å². The second kappa shape index (κ2) is 7.53. The topological polar surface area (TPSA) is 56.1 Å². The smallest absolute Gasteiger partial charge is 0.283 e. The first-order chi connectivity index (χ1) is 8.56. The summed E-state index contributed by atoms with van der Waals surface area (Å²) in [5, 5.41) is 7.19. The number of hydrogen-bond donors (Lipinski definition) is 1. The Morgan fingerprint density at radius 1 is 1.56 bits per heavy atom. The minimum atomic E-state index is -0.120. The average molecular weight is 318 g/mol. The van der Waals surface area contributed by atoms with Crippen LogP contribution in [-0.2, 0) is 11.3 Å². The van der Waals surface area contributed by atoms with Crippen molar-refractivity contribution >= 4 is 21.6 Å². The van der Waals surface area contributed by atoms with Gasteiger partial charge in [-0.2, -0.15) is 5.10 Å². The van der Waals surface area contributed by atoms with E-state index in [0.29, 0.717) is 35.8 Å². The molecule has 1 aromatic rings. The monoisotopic (exact) mass is 317 g/mol. The van der Waals surface area contributed by atoms with E-state index in [2.05, 4.69) is 40.2 Å². The van der Waals surface area contributed by atoms with Gasteiger partial charge in [-0.3, -0.25) is 4.79 Å². The van der Waals surface area contributed by atoms with E-state index in [-0.39, 0.29) is 5.56 Å². The van der Waals surface area contributed by atoms with E-state index >= 15 is 0 Å². The van der Waals surface area contributed by atoms with Crippen molar-refractivity contribution in [2.24, 2.45) is 5.92 Å². The van der Waals surface area contributed by atoms with Crippen molar-refractivity contribution in [3.05, 3.63) is 21.0 Å². The van der Waals surface area contributed by atoms with Gasteiger partial charge in [-0.1, -0.05) is 13.8 Å². The molecule has 1 aromatic heterocycles. The van der Waals surface area contributed by atoms with E-state index < -0.39 is 0 Å². The quantitative estimate of drug-likeness (QED) is 0.783. The van der Waals surface area contributed by atoms with E-state index in [1.165, 1.54) is 4.68 Å². The maximum atomic E-state index is 11.8. The lowest BCUT2D eigenvalue weighted by molar-refractivity contribution is 0.118. The molecule has 0 fully saturated rings. The van der Waals surface area contributed by atoms with Crippen LogP contribution in [0, 0.1) is 5.92 Å². The Morgan fingerprint density at radius 2 is 2.28 bits per heavy atom. The van der Waals surface area contributed by atoms with E-state index in [9.17, 15) is 4.79 Å². The third-order valence-corrected chi connectivity index (χ3v) is 3.06. The highest BCUT2D eigenvalue weighted by atomic mass is 79.9. The number of anilines is 1. The van der Waals surface area contributed by atoms with Crippen LogP contribution in [0.3, 0.4) is 0 Å². The molecule has 5 nitrogen and oxygen atoms in total. The van der Waals surface area contributed by atoms with Gasteiger partial charge in [0.2, 0.25) is 0 Å². The lowest BCUT2D eigenvalue weighted by atomic mass is 10.2. The summed E-state index contributed by atoms with van der Waals surface area (Å²) in [5.41, 5.74) is 0.587. The van der Waals surface area contributed by atoms with Crippen molar-refractivity contribution in [1.29, 1.82) is 0 Å². The molecule has 1 N–H and O–H groups in total. The molecular formula is C12H20BrN3O2. The first-order valence-electron chi connectivity index (χ1n) is 6.13. The van der Waals surface area contributed by atoms with Crippen molar-refractivity contribution < 1.29 is 4.74 Å². The average Bonchev–Trinajstić information content (AvgIpc) is 2.33. The van der Waals surface area contributed by atoms with Crippen LogP contribution in [0.5, 0.6) is 0 Å². The van der Waals surface area contributed by atoms with Crippen LogP contribution in [0.25, 0.3) is 0 Å². The van der Waals surface area contributed by atoms with Crippen LogP contribution >= 0.6 is 15.9 Å². The van der Waals surface area contributed by atoms with Crippen LogP contribution in [0.4, 0.5) is 5.69 Å². The summed E-state index contributed by atoms with van der Waals surface area (Å²) in [6, 6.07) is 0. The number of rotatable bonds is 7. The summed E-state index contributed by atoms with van der Waals surface area (Å²) in [6.45, 7) is 8.68. The lowest BCUT2D eigenvalue weighted by Gasteiger charge is -2.10. The highest BCUT2D eigenvalue weighted by Crippen LogP contribution is 2.15. The fourth-order valence-electron chi connectivity index (χ4n) is 1.39. The second-order valence-electron chi connectivity index (χ2n) is 4.39. The molecule has 1 heterocycles. The molecule has 0 unspecified atom stereocenters. The van der Waals surface area contributed by atoms with Gasteiger partial charge in [-0.15, -0.1) is 0 Å². The van der Waals surface area contributed by atoms with Crippen molar-refractivity contribution in [2.45, 2.75) is 27.3 Å². The van der Waals surface area contributed by atoms with Crippen LogP contribution in [0.15, 0.2) is 15.5 Å². The Balaban J connectivity index is 2.48. The molecule has 0 saturated heterocycles. The largest absolute Gasteiger partial charge is 0.380 e. The zero-order chi connectivity index (χ0) is 13.5. The Morgan fingerprint density at radius 3 is 2.89 bits per heavy atom. The number of aryl methyl sites for hydroxylation is 1. The number of hydrogen-bond acceptors (Lipinski definition) is 4. The molecular weight excluding hydrogens is 298 g/mol. The third-order valence-electron chi connectivity index (χ3n) is 2.30. The number of nitrogens with one attached hydrogen (secondary N) is 1. The minimum Gasteiger partial charge on any atom is -0.380 e. The Bertz CT molecular complexity index is 432. The number of halogens is 1. The minimum absolute atomic E-state index is 0.120. The van der Waals surface area contributed by atoms with Gasteiger partial charge in [0.1, 0.15) is 4.47 Å². The molecule has 0 amide bonds. The Kier molecular flexibility index (Phi) is 6.35. The first-order valence-corrected chi connectivity index (χ1v) is 6.92. The van der Waals surface area contributed by atoms with Gasteiger partial charge in [-0.25, -0.2) is 4.68 Å². The zero-order valence-electron chi connectivity index (χ0n) is 11.1. The molecule has 0 aliphatic carbocycles. The highest BCUT2D eigenvalue weighted by molar-refractivity contribution is 9.10. The van der Waals surface area contributed by atoms with E-state index in [1.54, 1.807) is 6.20 Å². The molecule has 1 rings (SSSR count). The maximum absolute atomic E-state index is 11.8. The number of aromatic nitrogens is 2. The fraction of sp³-hybridized carbons (Fsp3) is 0.667. The molecule has 0 radical (unpaired) electrons. The summed E-state index contributed by atoms with van der Waals surface area (Å²) in [5.74, 6) is 0.534. The molecule has 0 aliphatic rings. The number of ether oxygens (including phenoxy) is 1. The third kappa shape index (κ3) is 4.42. The van der Waals surface area contributed by atoms with Gasteiger partial charge in [-0.05, 0) is 28.8 Å². The van der Waals surface area contributed by atoms with E-state index in [1.807, 2.05) is 6.92 Å². The second-order valence-corrected chi connectivity index (χ2v) is 5.18. The van der Waals surface area contributed by atoms with Gasteiger partial charge in [0.15, 0.2) is 0 Å². The van der Waals surface area contributed by atoms with Gasteiger partial charge in [0, 0.05) is 19.7 Å². The maximum Gasteiger partial charge on any atom is 0.283 e. The summed E-state index contributed by atoms with van der Waals surface area (Å²) in [7, 11) is 0. The van der Waals surface area contributed by atoms with E-state index in [0.717, 1.165) is 6.61 Å². The van der Waals surface area contributed by atoms with Gasteiger partial charge in [0.05, 0.1) is 18.5 Å². The van der Waals surface area contributed by atoms with Crippen LogP contribution in [0.2, 0.25) is 0 Å². The molecule has 0 aliphatic heterocycles. The van der Waals surface area contributed by atoms with Crippen LogP contribution < -0.4 is 10.9 Å². The van der Waals surface area contributed by atoms with Crippen LogP contribution in [-0.4, -0.2) is 29.5 Å². The fourth-order valence-corrected chi connectivity index (χ4v) is 1.84. The molecule has 18 heavy (non-hydrogen) atoms. The Hall–Kier alpha value is -0.880. The normalized spacial score (nSPS) is 10.9. The molecule has 0 saturated carbocycles. The first kappa shape index (κ1) is 15.2. The highest BCUT2D eigenvalue weighted by Gasteiger charge is 2.07. The molecule has 0 aromatic carbocycles. The van der Waals surface area contributed by atoms with Crippen molar-refractivity contribution in [3.63, 3.8) is 0 Å². The lowest BCUT2D eigenvalue weighted by Crippen LogP contribution is -2.24. The van der Waals surface area contributed by atoms with Crippen molar-refractivity contribution in [3.8, 4) is 0 Å². The molecule has 0 bridgehead atoms. The SMILES string of the molecule is CCn1ncc(NCCOCC(C)C)c(Br)c1=O. The predicted molar refractivity (Wildman–Crippen MR) is 76.0 cm³/mol. The standard InChI is InChI=1S/C12H20BrN3O2/c1-4-16-12(17)11(13)10(7-15-16)14-5-6-18-8-9(2)3/h7,9,14H,4-6,8H2,1-3H3.